The van der Waals surface area contributed by atoms with E-state index in [1.807, 2.05) is 19.9 Å². The number of hydrogen-bond acceptors (Lipinski definition) is 3. The van der Waals surface area contributed by atoms with Gasteiger partial charge in [0.1, 0.15) is 0 Å². The summed E-state index contributed by atoms with van der Waals surface area (Å²) in [6, 6.07) is 10.4. The van der Waals surface area contributed by atoms with Crippen LogP contribution in [0.2, 0.25) is 0 Å². The highest BCUT2D eigenvalue weighted by Crippen LogP contribution is 2.27. The van der Waals surface area contributed by atoms with Crippen LogP contribution in [0, 0.1) is 25.7 Å². The first-order valence-electron chi connectivity index (χ1n) is 8.13. The average molecular weight is 312 g/mol. The van der Waals surface area contributed by atoms with Gasteiger partial charge in [-0.25, -0.2) is 0 Å². The second kappa shape index (κ2) is 6.54. The summed E-state index contributed by atoms with van der Waals surface area (Å²) in [4.78, 5) is 15.0. The lowest BCUT2D eigenvalue weighted by Gasteiger charge is -2.16. The van der Waals surface area contributed by atoms with E-state index in [9.17, 15) is 4.79 Å². The predicted octanol–water partition coefficient (Wildman–Crippen LogP) is 2.73. The van der Waals surface area contributed by atoms with Gasteiger partial charge >= 0.3 is 0 Å². The Labute approximate surface area is 137 Å². The minimum absolute atomic E-state index is 0.0208. The first-order chi connectivity index (χ1) is 11.0. The van der Waals surface area contributed by atoms with Crippen LogP contribution in [0.4, 0.5) is 5.69 Å². The summed E-state index contributed by atoms with van der Waals surface area (Å²) in [5, 5.41) is 10.1. The maximum absolute atomic E-state index is 12.6. The van der Waals surface area contributed by atoms with Crippen molar-refractivity contribution in [2.75, 3.05) is 18.4 Å². The highest BCUT2D eigenvalue weighted by Gasteiger charge is 2.35. The van der Waals surface area contributed by atoms with Crippen molar-refractivity contribution < 1.29 is 4.79 Å². The first kappa shape index (κ1) is 15.7. The van der Waals surface area contributed by atoms with Crippen molar-refractivity contribution in [1.82, 2.24) is 15.1 Å². The highest BCUT2D eigenvalue weighted by molar-refractivity contribution is 5.94. The molecule has 3 rings (SSSR count). The third-order valence-electron chi connectivity index (χ3n) is 4.65. The van der Waals surface area contributed by atoms with Gasteiger partial charge in [-0.3, -0.25) is 14.8 Å². The standard InChI is InChI=1S/C18H24N4O/c1-12-9-22(10-15-7-5-4-6-8-15)11-16(12)18(23)19-17-13(2)20-21-14(17)3/h4-8,12,16H,9-11H2,1-3H3,(H,19,23)(H,20,21)/t12-,16-/m1/s1. The zero-order valence-electron chi connectivity index (χ0n) is 14.0. The van der Waals surface area contributed by atoms with E-state index in [1.54, 1.807) is 0 Å². The van der Waals surface area contributed by atoms with Gasteiger partial charge in [-0.1, -0.05) is 37.3 Å². The van der Waals surface area contributed by atoms with E-state index in [2.05, 4.69) is 51.6 Å². The van der Waals surface area contributed by atoms with Crippen LogP contribution in [0.5, 0.6) is 0 Å². The molecular formula is C18H24N4O. The first-order valence-corrected chi connectivity index (χ1v) is 8.13. The molecule has 1 saturated heterocycles. The quantitative estimate of drug-likeness (QED) is 0.912. The molecule has 2 N–H and O–H groups in total. The molecule has 0 aliphatic carbocycles. The third-order valence-corrected chi connectivity index (χ3v) is 4.65. The zero-order valence-corrected chi connectivity index (χ0v) is 14.0. The fourth-order valence-corrected chi connectivity index (χ4v) is 3.33. The summed E-state index contributed by atoms with van der Waals surface area (Å²) in [6.45, 7) is 8.64. The molecule has 0 radical (unpaired) electrons. The molecule has 5 nitrogen and oxygen atoms in total. The summed E-state index contributed by atoms with van der Waals surface area (Å²) in [5.41, 5.74) is 3.86. The van der Waals surface area contributed by atoms with Crippen molar-refractivity contribution in [3.8, 4) is 0 Å². The predicted molar refractivity (Wildman–Crippen MR) is 91.1 cm³/mol. The molecule has 2 atom stereocenters. The Kier molecular flexibility index (Phi) is 4.48. The minimum Gasteiger partial charge on any atom is -0.323 e. The molecule has 2 aromatic rings. The molecule has 23 heavy (non-hydrogen) atoms. The molecule has 2 heterocycles. The maximum atomic E-state index is 12.6. The second-order valence-corrected chi connectivity index (χ2v) is 6.56. The molecule has 1 fully saturated rings. The van der Waals surface area contributed by atoms with Crippen LogP contribution in [-0.2, 0) is 11.3 Å². The molecule has 0 bridgehead atoms. The van der Waals surface area contributed by atoms with E-state index in [1.165, 1.54) is 5.56 Å². The number of likely N-dealkylation sites (tertiary alicyclic amines) is 1. The number of aromatic amines is 1. The lowest BCUT2D eigenvalue weighted by Crippen LogP contribution is -2.29. The number of carbonyl (C=O) groups is 1. The van der Waals surface area contributed by atoms with E-state index in [4.69, 9.17) is 0 Å². The van der Waals surface area contributed by atoms with Crippen molar-refractivity contribution in [1.29, 1.82) is 0 Å². The fraction of sp³-hybridized carbons (Fsp3) is 0.444. The van der Waals surface area contributed by atoms with Gasteiger partial charge in [0, 0.05) is 19.6 Å². The average Bonchev–Trinajstić information content (AvgIpc) is 3.05. The molecule has 1 aromatic heterocycles. The van der Waals surface area contributed by atoms with Crippen molar-refractivity contribution in [2.45, 2.75) is 27.3 Å². The molecule has 5 heteroatoms. The third kappa shape index (κ3) is 3.45. The number of carbonyl (C=O) groups excluding carboxylic acids is 1. The topological polar surface area (TPSA) is 61.0 Å². The Morgan fingerprint density at radius 1 is 1.30 bits per heavy atom. The largest absolute Gasteiger partial charge is 0.323 e. The molecule has 1 aromatic carbocycles. The number of H-pyrrole nitrogens is 1. The molecule has 0 saturated carbocycles. The molecule has 1 aliphatic rings. The monoisotopic (exact) mass is 312 g/mol. The fourth-order valence-electron chi connectivity index (χ4n) is 3.33. The number of amides is 1. The van der Waals surface area contributed by atoms with E-state index < -0.39 is 0 Å². The summed E-state index contributed by atoms with van der Waals surface area (Å²) >= 11 is 0. The SMILES string of the molecule is Cc1n[nH]c(C)c1NC(=O)[C@@H]1CN(Cc2ccccc2)C[C@H]1C. The lowest BCUT2D eigenvalue weighted by atomic mass is 9.97. The Bertz CT molecular complexity index is 660. The van der Waals surface area contributed by atoms with Gasteiger partial charge < -0.3 is 5.32 Å². The number of aryl methyl sites for hydroxylation is 2. The van der Waals surface area contributed by atoms with Gasteiger partial charge in [0.15, 0.2) is 0 Å². The Balaban J connectivity index is 1.63. The zero-order chi connectivity index (χ0) is 16.4. The van der Waals surface area contributed by atoms with Crippen LogP contribution in [-0.4, -0.2) is 34.1 Å². The molecule has 0 unspecified atom stereocenters. The smallest absolute Gasteiger partial charge is 0.229 e. The summed E-state index contributed by atoms with van der Waals surface area (Å²) in [6.07, 6.45) is 0. The Morgan fingerprint density at radius 2 is 2.04 bits per heavy atom. The molecule has 1 aliphatic heterocycles. The molecule has 1 amide bonds. The molecular weight excluding hydrogens is 288 g/mol. The van der Waals surface area contributed by atoms with Crippen LogP contribution < -0.4 is 5.32 Å². The number of nitrogens with one attached hydrogen (secondary N) is 2. The van der Waals surface area contributed by atoms with Gasteiger partial charge in [0.05, 0.1) is 23.0 Å². The number of rotatable bonds is 4. The van der Waals surface area contributed by atoms with Crippen LogP contribution in [0.1, 0.15) is 23.9 Å². The van der Waals surface area contributed by atoms with Crippen LogP contribution >= 0.6 is 0 Å². The van der Waals surface area contributed by atoms with Crippen molar-refractivity contribution in [2.24, 2.45) is 11.8 Å². The number of anilines is 1. The van der Waals surface area contributed by atoms with Crippen molar-refractivity contribution in [3.63, 3.8) is 0 Å². The lowest BCUT2D eigenvalue weighted by molar-refractivity contribution is -0.120. The van der Waals surface area contributed by atoms with Gasteiger partial charge in [0.25, 0.3) is 0 Å². The second-order valence-electron chi connectivity index (χ2n) is 6.56. The number of hydrogen-bond donors (Lipinski definition) is 2. The van der Waals surface area contributed by atoms with Crippen molar-refractivity contribution >= 4 is 11.6 Å². The van der Waals surface area contributed by atoms with E-state index in [0.29, 0.717) is 5.92 Å². The van der Waals surface area contributed by atoms with Gasteiger partial charge in [-0.05, 0) is 25.3 Å². The maximum Gasteiger partial charge on any atom is 0.229 e. The minimum atomic E-state index is 0.0208. The summed E-state index contributed by atoms with van der Waals surface area (Å²) in [7, 11) is 0. The molecule has 0 spiro atoms. The van der Waals surface area contributed by atoms with Crippen molar-refractivity contribution in [3.05, 3.63) is 47.3 Å². The number of benzene rings is 1. The number of aromatic nitrogens is 2. The van der Waals surface area contributed by atoms with E-state index in [0.717, 1.165) is 36.7 Å². The summed E-state index contributed by atoms with van der Waals surface area (Å²) < 4.78 is 0. The Hall–Kier alpha value is -2.14. The van der Waals surface area contributed by atoms with Crippen LogP contribution in [0.3, 0.4) is 0 Å². The highest BCUT2D eigenvalue weighted by atomic mass is 16.2. The number of nitrogens with zero attached hydrogens (tertiary/aromatic N) is 2. The Morgan fingerprint density at radius 3 is 2.70 bits per heavy atom. The molecule has 122 valence electrons. The van der Waals surface area contributed by atoms with Gasteiger partial charge in [-0.15, -0.1) is 0 Å². The summed E-state index contributed by atoms with van der Waals surface area (Å²) in [5.74, 6) is 0.472. The van der Waals surface area contributed by atoms with E-state index in [-0.39, 0.29) is 11.8 Å². The van der Waals surface area contributed by atoms with Gasteiger partial charge in [-0.2, -0.15) is 5.10 Å². The normalized spacial score (nSPS) is 21.5. The van der Waals surface area contributed by atoms with Crippen LogP contribution in [0.15, 0.2) is 30.3 Å². The van der Waals surface area contributed by atoms with Crippen LogP contribution in [0.25, 0.3) is 0 Å². The van der Waals surface area contributed by atoms with Gasteiger partial charge in [0.2, 0.25) is 5.91 Å². The van der Waals surface area contributed by atoms with E-state index >= 15 is 0 Å².